The Morgan fingerprint density at radius 3 is 3.10 bits per heavy atom. The third-order valence-corrected chi connectivity index (χ3v) is 3.85. The van der Waals surface area contributed by atoms with Gasteiger partial charge in [0.2, 0.25) is 0 Å². The van der Waals surface area contributed by atoms with Crippen molar-refractivity contribution in [3.05, 3.63) is 40.3 Å². The molecule has 0 spiro atoms. The largest absolute Gasteiger partial charge is 0.465 e. The van der Waals surface area contributed by atoms with E-state index in [2.05, 4.69) is 14.8 Å². The van der Waals surface area contributed by atoms with Crippen LogP contribution < -0.4 is 0 Å². The monoisotopic (exact) mass is 287 g/mol. The van der Waals surface area contributed by atoms with Crippen molar-refractivity contribution < 1.29 is 14.3 Å². The second kappa shape index (κ2) is 4.86. The van der Waals surface area contributed by atoms with Crippen LogP contribution in [0.3, 0.4) is 0 Å². The van der Waals surface area contributed by atoms with E-state index in [9.17, 15) is 9.59 Å². The highest BCUT2D eigenvalue weighted by Crippen LogP contribution is 2.30. The molecule has 6 nitrogen and oxygen atoms in total. The lowest BCUT2D eigenvalue weighted by Gasteiger charge is -1.98. The van der Waals surface area contributed by atoms with E-state index >= 15 is 0 Å². The number of aromatic nitrogens is 3. The minimum atomic E-state index is -0.467. The smallest absolute Gasteiger partial charge is 0.348 e. The summed E-state index contributed by atoms with van der Waals surface area (Å²) in [6.45, 7) is 0. The van der Waals surface area contributed by atoms with E-state index in [4.69, 9.17) is 0 Å². The SMILES string of the molecule is COC(=O)c1cc(-c2cnc3cccnn23)c(C=O)s1. The van der Waals surface area contributed by atoms with Crippen molar-refractivity contribution in [2.45, 2.75) is 0 Å². The molecule has 0 saturated carbocycles. The van der Waals surface area contributed by atoms with Crippen LogP contribution in [0.4, 0.5) is 0 Å². The molecular formula is C13H9N3O3S. The Morgan fingerprint density at radius 1 is 1.50 bits per heavy atom. The third-order valence-electron chi connectivity index (χ3n) is 2.81. The summed E-state index contributed by atoms with van der Waals surface area (Å²) in [7, 11) is 1.30. The molecule has 0 bridgehead atoms. The van der Waals surface area contributed by atoms with Crippen LogP contribution in [0, 0.1) is 0 Å². The van der Waals surface area contributed by atoms with E-state index in [1.54, 1.807) is 29.0 Å². The van der Waals surface area contributed by atoms with Gasteiger partial charge in [0.05, 0.1) is 23.9 Å². The van der Waals surface area contributed by atoms with Crippen LogP contribution in [0.15, 0.2) is 30.6 Å². The maximum absolute atomic E-state index is 11.6. The standard InChI is InChI=1S/C13H9N3O3S/c1-19-13(18)10-5-8(11(7-17)20-10)9-6-14-12-3-2-4-15-16(9)12/h2-7H,1H3. The molecule has 0 aromatic carbocycles. The summed E-state index contributed by atoms with van der Waals surface area (Å²) in [5.41, 5.74) is 1.95. The van der Waals surface area contributed by atoms with E-state index in [0.717, 1.165) is 17.6 Å². The zero-order chi connectivity index (χ0) is 14.1. The Morgan fingerprint density at radius 2 is 2.35 bits per heavy atom. The molecule has 0 fully saturated rings. The molecule has 3 aromatic heterocycles. The van der Waals surface area contributed by atoms with Gasteiger partial charge < -0.3 is 4.74 Å². The molecule has 7 heteroatoms. The normalized spacial score (nSPS) is 10.7. The molecule has 0 aliphatic rings. The molecule has 3 rings (SSSR count). The highest BCUT2D eigenvalue weighted by Gasteiger charge is 2.18. The first kappa shape index (κ1) is 12.5. The number of nitrogens with zero attached hydrogens (tertiary/aromatic N) is 3. The van der Waals surface area contributed by atoms with Crippen LogP contribution in [0.5, 0.6) is 0 Å². The molecule has 100 valence electrons. The highest BCUT2D eigenvalue weighted by molar-refractivity contribution is 7.16. The molecule has 0 atom stereocenters. The molecule has 0 amide bonds. The van der Waals surface area contributed by atoms with Crippen LogP contribution in [0.1, 0.15) is 19.3 Å². The summed E-state index contributed by atoms with van der Waals surface area (Å²) >= 11 is 1.09. The topological polar surface area (TPSA) is 73.6 Å². The first-order chi connectivity index (χ1) is 9.74. The zero-order valence-electron chi connectivity index (χ0n) is 10.4. The summed E-state index contributed by atoms with van der Waals surface area (Å²) in [5, 5.41) is 4.19. The number of hydrogen-bond acceptors (Lipinski definition) is 6. The van der Waals surface area contributed by atoms with Crippen LogP contribution >= 0.6 is 11.3 Å². The average molecular weight is 287 g/mol. The van der Waals surface area contributed by atoms with Gasteiger partial charge in [-0.1, -0.05) is 0 Å². The van der Waals surface area contributed by atoms with Crippen LogP contribution in [-0.4, -0.2) is 34.0 Å². The van der Waals surface area contributed by atoms with E-state index < -0.39 is 5.97 Å². The Hall–Kier alpha value is -2.54. The number of methoxy groups -OCH3 is 1. The van der Waals surface area contributed by atoms with Gasteiger partial charge in [-0.15, -0.1) is 11.3 Å². The summed E-state index contributed by atoms with van der Waals surface area (Å²) in [6, 6.07) is 5.21. The van der Waals surface area contributed by atoms with E-state index in [0.29, 0.717) is 26.7 Å². The second-order valence-corrected chi connectivity index (χ2v) is 5.02. The van der Waals surface area contributed by atoms with Gasteiger partial charge in [-0.25, -0.2) is 14.3 Å². The number of aldehydes is 1. The fourth-order valence-corrected chi connectivity index (χ4v) is 2.81. The number of fused-ring (bicyclic) bond motifs is 1. The molecule has 0 saturated heterocycles. The summed E-state index contributed by atoms with van der Waals surface area (Å²) < 4.78 is 6.29. The van der Waals surface area contributed by atoms with Crippen molar-refractivity contribution in [2.24, 2.45) is 0 Å². The predicted molar refractivity (Wildman–Crippen MR) is 73.0 cm³/mol. The Balaban J connectivity index is 2.21. The van der Waals surface area contributed by atoms with Crippen molar-refractivity contribution in [1.29, 1.82) is 0 Å². The average Bonchev–Trinajstić information content (AvgIpc) is 3.09. The van der Waals surface area contributed by atoms with Crippen LogP contribution in [0.25, 0.3) is 16.9 Å². The quantitative estimate of drug-likeness (QED) is 0.544. The predicted octanol–water partition coefficient (Wildman–Crippen LogP) is 2.06. The van der Waals surface area contributed by atoms with E-state index in [1.165, 1.54) is 7.11 Å². The van der Waals surface area contributed by atoms with Gasteiger partial charge in [-0.2, -0.15) is 5.10 Å². The third kappa shape index (κ3) is 1.88. The summed E-state index contributed by atoms with van der Waals surface area (Å²) in [5.74, 6) is -0.467. The number of carbonyl (C=O) groups is 2. The fraction of sp³-hybridized carbons (Fsp3) is 0.0769. The molecule has 0 N–H and O–H groups in total. The molecule has 0 aliphatic carbocycles. The minimum Gasteiger partial charge on any atom is -0.465 e. The summed E-state index contributed by atoms with van der Waals surface area (Å²) in [4.78, 5) is 27.8. The molecular weight excluding hydrogens is 278 g/mol. The summed E-state index contributed by atoms with van der Waals surface area (Å²) in [6.07, 6.45) is 3.97. The van der Waals surface area contributed by atoms with Crippen molar-refractivity contribution in [1.82, 2.24) is 14.6 Å². The van der Waals surface area contributed by atoms with Crippen molar-refractivity contribution >= 4 is 29.2 Å². The molecule has 0 radical (unpaired) electrons. The highest BCUT2D eigenvalue weighted by atomic mass is 32.1. The second-order valence-electron chi connectivity index (χ2n) is 3.94. The van der Waals surface area contributed by atoms with Gasteiger partial charge in [0, 0.05) is 11.8 Å². The van der Waals surface area contributed by atoms with Gasteiger partial charge in [0.15, 0.2) is 11.9 Å². The lowest BCUT2D eigenvalue weighted by Crippen LogP contribution is -1.97. The molecule has 0 unspecified atom stereocenters. The Labute approximate surface area is 117 Å². The first-order valence-electron chi connectivity index (χ1n) is 5.71. The van der Waals surface area contributed by atoms with E-state index in [-0.39, 0.29) is 0 Å². The maximum atomic E-state index is 11.6. The van der Waals surface area contributed by atoms with Crippen molar-refractivity contribution in [3.8, 4) is 11.3 Å². The lowest BCUT2D eigenvalue weighted by atomic mass is 10.2. The number of ether oxygens (including phenoxy) is 1. The van der Waals surface area contributed by atoms with Gasteiger partial charge in [0.25, 0.3) is 0 Å². The number of rotatable bonds is 3. The molecule has 3 aromatic rings. The van der Waals surface area contributed by atoms with Gasteiger partial charge in [-0.05, 0) is 18.2 Å². The number of hydrogen-bond donors (Lipinski definition) is 0. The fourth-order valence-electron chi connectivity index (χ4n) is 1.91. The lowest BCUT2D eigenvalue weighted by molar-refractivity contribution is 0.0606. The van der Waals surface area contributed by atoms with Gasteiger partial charge >= 0.3 is 5.97 Å². The molecule has 20 heavy (non-hydrogen) atoms. The number of carbonyl (C=O) groups excluding carboxylic acids is 2. The zero-order valence-corrected chi connectivity index (χ0v) is 11.3. The number of imidazole rings is 1. The van der Waals surface area contributed by atoms with Crippen LogP contribution in [-0.2, 0) is 4.74 Å². The molecule has 0 aliphatic heterocycles. The maximum Gasteiger partial charge on any atom is 0.348 e. The Kier molecular flexibility index (Phi) is 3.03. The van der Waals surface area contributed by atoms with Gasteiger partial charge in [-0.3, -0.25) is 4.79 Å². The van der Waals surface area contributed by atoms with Crippen molar-refractivity contribution in [2.75, 3.05) is 7.11 Å². The van der Waals surface area contributed by atoms with Crippen molar-refractivity contribution in [3.63, 3.8) is 0 Å². The number of thiophene rings is 1. The molecule has 3 heterocycles. The Bertz CT molecular complexity index is 806. The van der Waals surface area contributed by atoms with Crippen LogP contribution in [0.2, 0.25) is 0 Å². The first-order valence-corrected chi connectivity index (χ1v) is 6.52. The number of esters is 1. The van der Waals surface area contributed by atoms with E-state index in [1.807, 2.05) is 6.07 Å². The van der Waals surface area contributed by atoms with Gasteiger partial charge in [0.1, 0.15) is 4.88 Å². The minimum absolute atomic E-state index is 0.371.